The van der Waals surface area contributed by atoms with Crippen LogP contribution in [0.25, 0.3) is 27.5 Å². The van der Waals surface area contributed by atoms with Crippen molar-refractivity contribution in [1.82, 2.24) is 0 Å². The number of rotatable bonds is 6. The summed E-state index contributed by atoms with van der Waals surface area (Å²) in [5, 5.41) is 15.6. The summed E-state index contributed by atoms with van der Waals surface area (Å²) in [4.78, 5) is 0. The topological polar surface area (TPSA) is 35.8 Å². The summed E-state index contributed by atoms with van der Waals surface area (Å²) in [6.07, 6.45) is 10.2. The van der Waals surface area contributed by atoms with Gasteiger partial charge in [-0.05, 0) is 82.9 Å². The molecule has 3 aromatic carbocycles. The molecule has 1 aliphatic rings. The van der Waals surface area contributed by atoms with Gasteiger partial charge in [-0.3, -0.25) is 0 Å². The van der Waals surface area contributed by atoms with E-state index in [1.165, 1.54) is 21.9 Å². The molecular formula is C33H30N2. The molecule has 0 bridgehead atoms. The molecule has 1 aliphatic carbocycles. The fraction of sp³-hybridized carbons (Fsp3) is 0.121. The molecule has 0 saturated carbocycles. The highest BCUT2D eigenvalue weighted by Gasteiger charge is 2.29. The zero-order chi connectivity index (χ0) is 24.9. The monoisotopic (exact) mass is 454 g/mol. The van der Waals surface area contributed by atoms with E-state index in [9.17, 15) is 5.26 Å². The van der Waals surface area contributed by atoms with Gasteiger partial charge in [0.25, 0.3) is 0 Å². The van der Waals surface area contributed by atoms with E-state index in [0.29, 0.717) is 5.57 Å². The zero-order valence-corrected chi connectivity index (χ0v) is 20.8. The third-order valence-corrected chi connectivity index (χ3v) is 6.63. The van der Waals surface area contributed by atoms with Crippen LogP contribution in [0.15, 0.2) is 114 Å². The number of anilines is 1. The summed E-state index contributed by atoms with van der Waals surface area (Å²) in [6.45, 7) is 9.83. The second-order valence-corrected chi connectivity index (χ2v) is 8.56. The van der Waals surface area contributed by atoms with E-state index in [1.807, 2.05) is 33.0 Å². The molecule has 0 saturated heterocycles. The number of hydrogen-bond donors (Lipinski definition) is 1. The van der Waals surface area contributed by atoms with Crippen LogP contribution in [0.5, 0.6) is 0 Å². The van der Waals surface area contributed by atoms with E-state index in [-0.39, 0.29) is 0 Å². The summed E-state index contributed by atoms with van der Waals surface area (Å²) >= 11 is 0. The molecule has 2 nitrogen and oxygen atoms in total. The van der Waals surface area contributed by atoms with E-state index < -0.39 is 0 Å². The Kier molecular flexibility index (Phi) is 6.99. The highest BCUT2D eigenvalue weighted by atomic mass is 14.8. The fourth-order valence-corrected chi connectivity index (χ4v) is 4.75. The molecule has 0 unspecified atom stereocenters. The maximum absolute atomic E-state index is 9.80. The Labute approximate surface area is 208 Å². The number of nitriles is 1. The van der Waals surface area contributed by atoms with Crippen molar-refractivity contribution in [1.29, 1.82) is 5.26 Å². The Morgan fingerprint density at radius 2 is 1.74 bits per heavy atom. The Hall–Kier alpha value is -4.35. The van der Waals surface area contributed by atoms with Crippen LogP contribution >= 0.6 is 0 Å². The number of nitrogens with zero attached hydrogens (tertiary/aromatic N) is 1. The molecule has 0 aromatic heterocycles. The Morgan fingerprint density at radius 1 is 0.971 bits per heavy atom. The molecule has 0 spiro atoms. The molecule has 0 atom stereocenters. The van der Waals surface area contributed by atoms with Crippen LogP contribution in [0.4, 0.5) is 5.69 Å². The van der Waals surface area contributed by atoms with Crippen molar-refractivity contribution in [3.63, 3.8) is 0 Å². The van der Waals surface area contributed by atoms with Crippen LogP contribution in [0.3, 0.4) is 0 Å². The Morgan fingerprint density at radius 3 is 2.40 bits per heavy atom. The van der Waals surface area contributed by atoms with Crippen LogP contribution in [0, 0.1) is 11.3 Å². The van der Waals surface area contributed by atoms with Gasteiger partial charge in [-0.2, -0.15) is 5.26 Å². The van der Waals surface area contributed by atoms with Gasteiger partial charge in [0, 0.05) is 23.7 Å². The maximum Gasteiger partial charge on any atom is 0.0947 e. The average Bonchev–Trinajstić information content (AvgIpc) is 3.21. The number of benzene rings is 3. The second kappa shape index (κ2) is 10.3. The van der Waals surface area contributed by atoms with Crippen LogP contribution in [-0.4, -0.2) is 7.05 Å². The lowest BCUT2D eigenvalue weighted by atomic mass is 9.86. The van der Waals surface area contributed by atoms with Gasteiger partial charge < -0.3 is 5.32 Å². The highest BCUT2D eigenvalue weighted by molar-refractivity contribution is 6.30. The summed E-state index contributed by atoms with van der Waals surface area (Å²) in [7, 11) is 1.96. The first-order valence-corrected chi connectivity index (χ1v) is 11.8. The third kappa shape index (κ3) is 4.29. The van der Waals surface area contributed by atoms with E-state index in [4.69, 9.17) is 0 Å². The lowest BCUT2D eigenvalue weighted by Gasteiger charge is -2.17. The minimum Gasteiger partial charge on any atom is -0.388 e. The van der Waals surface area contributed by atoms with Crippen LogP contribution < -0.4 is 5.32 Å². The van der Waals surface area contributed by atoms with Crippen molar-refractivity contribution in [2.24, 2.45) is 0 Å². The predicted octanol–water partition coefficient (Wildman–Crippen LogP) is 8.74. The van der Waals surface area contributed by atoms with Crippen molar-refractivity contribution in [3.05, 3.63) is 131 Å². The summed E-state index contributed by atoms with van der Waals surface area (Å²) in [6, 6.07) is 23.6. The van der Waals surface area contributed by atoms with Crippen molar-refractivity contribution in [2.45, 2.75) is 20.8 Å². The Balaban J connectivity index is 2.21. The summed E-state index contributed by atoms with van der Waals surface area (Å²) < 4.78 is 0. The van der Waals surface area contributed by atoms with Crippen molar-refractivity contribution in [2.75, 3.05) is 12.4 Å². The largest absolute Gasteiger partial charge is 0.388 e. The first-order chi connectivity index (χ1) is 17.0. The summed E-state index contributed by atoms with van der Waals surface area (Å²) in [5.74, 6) is 0. The van der Waals surface area contributed by atoms with Crippen molar-refractivity contribution >= 4 is 33.2 Å². The second-order valence-electron chi connectivity index (χ2n) is 8.56. The predicted molar refractivity (Wildman–Crippen MR) is 152 cm³/mol. The lowest BCUT2D eigenvalue weighted by molar-refractivity contribution is 1.36. The van der Waals surface area contributed by atoms with Gasteiger partial charge in [0.1, 0.15) is 0 Å². The quantitative estimate of drug-likeness (QED) is 0.298. The summed E-state index contributed by atoms with van der Waals surface area (Å²) in [5.41, 5.74) is 10.8. The van der Waals surface area contributed by atoms with Crippen molar-refractivity contribution < 1.29 is 0 Å². The molecule has 0 fully saturated rings. The van der Waals surface area contributed by atoms with E-state index in [1.54, 1.807) is 6.08 Å². The highest BCUT2D eigenvalue weighted by Crippen LogP contribution is 2.52. The van der Waals surface area contributed by atoms with E-state index in [0.717, 1.165) is 39.1 Å². The average molecular weight is 455 g/mol. The third-order valence-electron chi connectivity index (χ3n) is 6.63. The normalized spacial score (nSPS) is 16.4. The van der Waals surface area contributed by atoms with E-state index in [2.05, 4.69) is 97.7 Å². The van der Waals surface area contributed by atoms with Gasteiger partial charge in [0.2, 0.25) is 0 Å². The molecule has 4 rings (SSSR count). The molecule has 0 aliphatic heterocycles. The van der Waals surface area contributed by atoms with Gasteiger partial charge in [-0.15, -0.1) is 0 Å². The first kappa shape index (κ1) is 23.8. The van der Waals surface area contributed by atoms with Crippen LogP contribution in [0.1, 0.15) is 37.5 Å². The van der Waals surface area contributed by atoms with Gasteiger partial charge >= 0.3 is 0 Å². The van der Waals surface area contributed by atoms with Crippen molar-refractivity contribution in [3.8, 4) is 6.07 Å². The van der Waals surface area contributed by atoms with Crippen LogP contribution in [-0.2, 0) is 0 Å². The van der Waals surface area contributed by atoms with Gasteiger partial charge in [0.15, 0.2) is 0 Å². The minimum absolute atomic E-state index is 0.715. The zero-order valence-electron chi connectivity index (χ0n) is 20.8. The number of allylic oxidation sites excluding steroid dienone is 11. The molecule has 2 heteroatoms. The minimum atomic E-state index is 0.715. The SMILES string of the molecule is C=C\C=C/C(/C=C1/C(=C(\C(C)=C(\C)C#N)c2ccccc2)c2cccc3c(NC)ccc1c23)=C\C. The first-order valence-electron chi connectivity index (χ1n) is 11.8. The standard InChI is InChI=1S/C33H30N2/c1-6-8-13-24(7-2)20-29-26-18-19-30(35-5)27-16-12-17-28(32(26)27)33(29)31(23(4)22(3)21-34)25-14-10-9-11-15-25/h6-20,35H,1H2,2-5H3/b13-8-,23-22-,24-7+,29-20+,33-31+. The molecule has 172 valence electrons. The molecule has 0 amide bonds. The molecule has 0 radical (unpaired) electrons. The molecule has 1 N–H and O–H groups in total. The molecular weight excluding hydrogens is 424 g/mol. The number of nitrogens with one attached hydrogen (secondary N) is 1. The van der Waals surface area contributed by atoms with Crippen LogP contribution in [0.2, 0.25) is 0 Å². The van der Waals surface area contributed by atoms with E-state index >= 15 is 0 Å². The van der Waals surface area contributed by atoms with Gasteiger partial charge in [0.05, 0.1) is 6.07 Å². The van der Waals surface area contributed by atoms with Gasteiger partial charge in [-0.1, -0.05) is 85.5 Å². The molecule has 35 heavy (non-hydrogen) atoms. The Bertz CT molecular complexity index is 1500. The maximum atomic E-state index is 9.80. The smallest absolute Gasteiger partial charge is 0.0947 e. The van der Waals surface area contributed by atoms with Gasteiger partial charge in [-0.25, -0.2) is 0 Å². The lowest BCUT2D eigenvalue weighted by Crippen LogP contribution is -1.96. The fourth-order valence-electron chi connectivity index (χ4n) is 4.75. The number of hydrogen-bond acceptors (Lipinski definition) is 2. The molecule has 3 aromatic rings. The molecule has 0 heterocycles.